The summed E-state index contributed by atoms with van der Waals surface area (Å²) in [6.07, 6.45) is 1.66. The van der Waals surface area contributed by atoms with E-state index in [0.717, 1.165) is 5.56 Å². The van der Waals surface area contributed by atoms with Crippen molar-refractivity contribution in [1.82, 2.24) is 5.32 Å². The van der Waals surface area contributed by atoms with Crippen molar-refractivity contribution in [2.45, 2.75) is 26.4 Å². The topological polar surface area (TPSA) is 72.2 Å². The van der Waals surface area contributed by atoms with E-state index in [2.05, 4.69) is 5.32 Å². The summed E-state index contributed by atoms with van der Waals surface area (Å²) < 4.78 is 11.0. The number of nitro benzene ring substituents is 1. The van der Waals surface area contributed by atoms with Crippen LogP contribution in [-0.2, 0) is 17.3 Å². The number of rotatable bonds is 6. The molecule has 2 unspecified atom stereocenters. The molecule has 0 saturated carbocycles. The Balaban J connectivity index is 2.66. The van der Waals surface area contributed by atoms with Crippen LogP contribution in [0.4, 0.5) is 5.69 Å². The first-order valence-corrected chi connectivity index (χ1v) is 7.40. The molecule has 0 aliphatic heterocycles. The first-order valence-electron chi connectivity index (χ1n) is 5.67. The van der Waals surface area contributed by atoms with Gasteiger partial charge in [-0.25, -0.2) is 0 Å². The molecule has 1 aromatic carbocycles. The normalized spacial score (nSPS) is 14.2. The van der Waals surface area contributed by atoms with E-state index in [1.54, 1.807) is 25.3 Å². The molecule has 18 heavy (non-hydrogen) atoms. The van der Waals surface area contributed by atoms with E-state index in [1.807, 2.05) is 13.0 Å². The summed E-state index contributed by atoms with van der Waals surface area (Å²) in [5.41, 5.74) is 1.66. The van der Waals surface area contributed by atoms with E-state index in [9.17, 15) is 14.3 Å². The zero-order chi connectivity index (χ0) is 13.7. The predicted octanol–water partition coefficient (Wildman–Crippen LogP) is 1.76. The Kier molecular flexibility index (Phi) is 5.43. The molecule has 0 amide bonds. The molecule has 0 aliphatic rings. The second-order valence-electron chi connectivity index (χ2n) is 4.40. The fraction of sp³-hybridized carbons (Fsp3) is 0.500. The van der Waals surface area contributed by atoms with Crippen LogP contribution in [0.1, 0.15) is 18.1 Å². The van der Waals surface area contributed by atoms with Crippen molar-refractivity contribution < 1.29 is 9.13 Å². The van der Waals surface area contributed by atoms with Gasteiger partial charge in [0.25, 0.3) is 5.69 Å². The summed E-state index contributed by atoms with van der Waals surface area (Å²) in [5.74, 6) is 0.577. The van der Waals surface area contributed by atoms with Gasteiger partial charge in [0, 0.05) is 47.0 Å². The summed E-state index contributed by atoms with van der Waals surface area (Å²) in [4.78, 5) is 10.4. The summed E-state index contributed by atoms with van der Waals surface area (Å²) in [6.45, 7) is 4.21. The molecule has 0 fully saturated rings. The lowest BCUT2D eigenvalue weighted by Gasteiger charge is -2.12. The van der Waals surface area contributed by atoms with E-state index >= 15 is 0 Å². The minimum atomic E-state index is -0.840. The maximum Gasteiger partial charge on any atom is 0.272 e. The number of nitrogens with zero attached hydrogens (tertiary/aromatic N) is 1. The second kappa shape index (κ2) is 6.61. The van der Waals surface area contributed by atoms with Crippen LogP contribution >= 0.6 is 0 Å². The van der Waals surface area contributed by atoms with Gasteiger partial charge in [0.05, 0.1) is 4.92 Å². The maximum absolute atomic E-state index is 11.0. The third kappa shape index (κ3) is 4.54. The number of hydrogen-bond acceptors (Lipinski definition) is 4. The molecular formula is C12H18N2O3S. The average Bonchev–Trinajstić information content (AvgIpc) is 2.26. The fourth-order valence-electron chi connectivity index (χ4n) is 1.66. The first-order chi connectivity index (χ1) is 8.40. The molecular weight excluding hydrogens is 252 g/mol. The average molecular weight is 270 g/mol. The molecule has 1 N–H and O–H groups in total. The van der Waals surface area contributed by atoms with Gasteiger partial charge < -0.3 is 5.32 Å². The number of nitrogens with one attached hydrogen (secondary N) is 1. The largest absolute Gasteiger partial charge is 0.309 e. The Bertz CT molecular complexity index is 463. The van der Waals surface area contributed by atoms with Crippen molar-refractivity contribution in [3.8, 4) is 0 Å². The Hall–Kier alpha value is -1.27. The van der Waals surface area contributed by atoms with Gasteiger partial charge in [0.1, 0.15) is 0 Å². The van der Waals surface area contributed by atoms with E-state index in [4.69, 9.17) is 0 Å². The summed E-state index contributed by atoms with van der Waals surface area (Å²) >= 11 is 0. The molecule has 1 aromatic rings. The Morgan fingerprint density at radius 2 is 2.17 bits per heavy atom. The van der Waals surface area contributed by atoms with Crippen LogP contribution in [0.5, 0.6) is 0 Å². The van der Waals surface area contributed by atoms with Gasteiger partial charge in [-0.05, 0) is 19.4 Å². The highest BCUT2D eigenvalue weighted by molar-refractivity contribution is 7.84. The SMILES string of the molecule is Cc1ccc(CNC(C)CS(C)=O)cc1[N+](=O)[O-]. The third-order valence-corrected chi connectivity index (χ3v) is 3.58. The number of hydrogen-bond donors (Lipinski definition) is 1. The predicted molar refractivity (Wildman–Crippen MR) is 73.1 cm³/mol. The number of aryl methyl sites for hydroxylation is 1. The Morgan fingerprint density at radius 3 is 2.72 bits per heavy atom. The molecule has 0 spiro atoms. The van der Waals surface area contributed by atoms with E-state index in [0.29, 0.717) is 17.9 Å². The van der Waals surface area contributed by atoms with Crippen molar-refractivity contribution in [3.63, 3.8) is 0 Å². The van der Waals surface area contributed by atoms with Crippen molar-refractivity contribution >= 4 is 16.5 Å². The Morgan fingerprint density at radius 1 is 1.50 bits per heavy atom. The summed E-state index contributed by atoms with van der Waals surface area (Å²) in [5, 5.41) is 14.0. The third-order valence-electron chi connectivity index (χ3n) is 2.61. The first kappa shape index (κ1) is 14.8. The summed E-state index contributed by atoms with van der Waals surface area (Å²) in [6, 6.07) is 5.32. The molecule has 0 radical (unpaired) electrons. The molecule has 5 nitrogen and oxygen atoms in total. The highest BCUT2D eigenvalue weighted by Crippen LogP contribution is 2.19. The second-order valence-corrected chi connectivity index (χ2v) is 5.88. The highest BCUT2D eigenvalue weighted by Gasteiger charge is 2.11. The number of benzene rings is 1. The number of nitro groups is 1. The minimum absolute atomic E-state index is 0.121. The molecule has 6 heteroatoms. The van der Waals surface area contributed by atoms with Crippen LogP contribution in [0.2, 0.25) is 0 Å². The molecule has 2 atom stereocenters. The van der Waals surface area contributed by atoms with Gasteiger partial charge in [-0.1, -0.05) is 12.1 Å². The lowest BCUT2D eigenvalue weighted by Crippen LogP contribution is -2.30. The van der Waals surface area contributed by atoms with E-state index in [1.165, 1.54) is 0 Å². The quantitative estimate of drug-likeness (QED) is 0.631. The standard InChI is InChI=1S/C12H18N2O3S/c1-9-4-5-11(6-12(9)14(15)16)7-13-10(2)8-18(3)17/h4-6,10,13H,7-8H2,1-3H3. The lowest BCUT2D eigenvalue weighted by molar-refractivity contribution is -0.385. The van der Waals surface area contributed by atoms with Crippen LogP contribution in [0.25, 0.3) is 0 Å². The molecule has 1 rings (SSSR count). The highest BCUT2D eigenvalue weighted by atomic mass is 32.2. The smallest absolute Gasteiger partial charge is 0.272 e. The van der Waals surface area contributed by atoms with Crippen LogP contribution in [-0.4, -0.2) is 27.2 Å². The van der Waals surface area contributed by atoms with Gasteiger partial charge in [0.15, 0.2) is 0 Å². The van der Waals surface area contributed by atoms with Crippen molar-refractivity contribution in [2.24, 2.45) is 0 Å². The Labute approximate surface area is 109 Å². The monoisotopic (exact) mass is 270 g/mol. The van der Waals surface area contributed by atoms with Crippen molar-refractivity contribution in [3.05, 3.63) is 39.4 Å². The van der Waals surface area contributed by atoms with Gasteiger partial charge in [0.2, 0.25) is 0 Å². The zero-order valence-corrected chi connectivity index (χ0v) is 11.6. The fourth-order valence-corrected chi connectivity index (χ4v) is 2.49. The van der Waals surface area contributed by atoms with Crippen molar-refractivity contribution in [2.75, 3.05) is 12.0 Å². The maximum atomic E-state index is 11.0. The van der Waals surface area contributed by atoms with E-state index in [-0.39, 0.29) is 16.7 Å². The zero-order valence-electron chi connectivity index (χ0n) is 10.8. The van der Waals surface area contributed by atoms with E-state index < -0.39 is 10.8 Å². The van der Waals surface area contributed by atoms with Gasteiger partial charge in [-0.3, -0.25) is 14.3 Å². The molecule has 0 heterocycles. The van der Waals surface area contributed by atoms with Crippen LogP contribution < -0.4 is 5.32 Å². The van der Waals surface area contributed by atoms with Gasteiger partial charge in [-0.2, -0.15) is 0 Å². The molecule has 0 bridgehead atoms. The molecule has 0 aromatic heterocycles. The lowest BCUT2D eigenvalue weighted by atomic mass is 10.1. The molecule has 0 saturated heterocycles. The van der Waals surface area contributed by atoms with Gasteiger partial charge in [-0.15, -0.1) is 0 Å². The van der Waals surface area contributed by atoms with Crippen LogP contribution in [0.15, 0.2) is 18.2 Å². The minimum Gasteiger partial charge on any atom is -0.309 e. The van der Waals surface area contributed by atoms with Crippen molar-refractivity contribution in [1.29, 1.82) is 0 Å². The van der Waals surface area contributed by atoms with Gasteiger partial charge >= 0.3 is 0 Å². The summed E-state index contributed by atoms with van der Waals surface area (Å²) in [7, 11) is -0.840. The molecule has 0 aliphatic carbocycles. The van der Waals surface area contributed by atoms with Crippen LogP contribution in [0, 0.1) is 17.0 Å². The van der Waals surface area contributed by atoms with Crippen LogP contribution in [0.3, 0.4) is 0 Å². The molecule has 100 valence electrons.